The van der Waals surface area contributed by atoms with Crippen molar-refractivity contribution in [2.45, 2.75) is 63.6 Å². The Kier molecular flexibility index (Phi) is 5.15. The Labute approximate surface area is 156 Å². The first-order valence-electron chi connectivity index (χ1n) is 9.29. The molecule has 2 aliphatic carbocycles. The predicted molar refractivity (Wildman–Crippen MR) is 102 cm³/mol. The second kappa shape index (κ2) is 6.93. The van der Waals surface area contributed by atoms with Gasteiger partial charge in [-0.2, -0.15) is 0 Å². The first-order valence-corrected chi connectivity index (χ1v) is 10.9. The van der Waals surface area contributed by atoms with Crippen LogP contribution >= 0.6 is 0 Å². The highest BCUT2D eigenvalue weighted by atomic mass is 32.2. The van der Waals surface area contributed by atoms with E-state index < -0.39 is 9.84 Å². The van der Waals surface area contributed by atoms with Crippen LogP contribution in [-0.4, -0.2) is 31.7 Å². The summed E-state index contributed by atoms with van der Waals surface area (Å²) in [6.07, 6.45) is 1.96. The number of hydrogen-bond donors (Lipinski definition) is 0. The minimum atomic E-state index is -3.52. The highest BCUT2D eigenvalue weighted by Gasteiger charge is 2.44. The Morgan fingerprint density at radius 3 is 2.42 bits per heavy atom. The van der Waals surface area contributed by atoms with Crippen molar-refractivity contribution in [1.82, 2.24) is 0 Å². The van der Waals surface area contributed by atoms with E-state index in [1.807, 2.05) is 20.8 Å². The number of fused-ring (bicyclic) bond motifs is 1. The lowest BCUT2D eigenvalue weighted by atomic mass is 9.83. The van der Waals surface area contributed by atoms with Gasteiger partial charge >= 0.3 is 0 Å². The quantitative estimate of drug-likeness (QED) is 0.798. The summed E-state index contributed by atoms with van der Waals surface area (Å²) >= 11 is 0. The van der Waals surface area contributed by atoms with Gasteiger partial charge in [-0.05, 0) is 51.7 Å². The third-order valence-corrected chi connectivity index (χ3v) is 6.94. The van der Waals surface area contributed by atoms with Crippen LogP contribution in [0.3, 0.4) is 0 Å². The number of benzene rings is 1. The summed E-state index contributed by atoms with van der Waals surface area (Å²) in [6.45, 7) is 8.25. The lowest BCUT2D eigenvalue weighted by Crippen LogP contribution is -2.35. The van der Waals surface area contributed by atoms with Crippen molar-refractivity contribution in [2.75, 3.05) is 5.75 Å². The van der Waals surface area contributed by atoms with Gasteiger partial charge in [-0.1, -0.05) is 30.7 Å². The van der Waals surface area contributed by atoms with E-state index in [9.17, 15) is 13.2 Å². The number of Topliss-reactive ketones (excluding diaryl/α,β-unsaturated/α-hetero) is 1. The van der Waals surface area contributed by atoms with Crippen LogP contribution in [0.15, 0.2) is 46.4 Å². The highest BCUT2D eigenvalue weighted by molar-refractivity contribution is 7.91. The van der Waals surface area contributed by atoms with E-state index in [2.05, 4.69) is 6.92 Å². The topological polar surface area (TPSA) is 60.4 Å². The molecule has 1 aromatic carbocycles. The molecule has 2 aliphatic rings. The smallest absolute Gasteiger partial charge is 0.182 e. The van der Waals surface area contributed by atoms with Crippen molar-refractivity contribution in [2.24, 2.45) is 11.8 Å². The van der Waals surface area contributed by atoms with E-state index in [4.69, 9.17) is 4.74 Å². The zero-order chi connectivity index (χ0) is 19.1. The molecule has 0 saturated heterocycles. The third-order valence-electron chi connectivity index (χ3n) is 5.28. The summed E-state index contributed by atoms with van der Waals surface area (Å²) in [5.74, 6) is 0.230. The molecule has 0 aromatic heterocycles. The molecule has 26 heavy (non-hydrogen) atoms. The Balaban J connectivity index is 1.94. The fraction of sp³-hybridized carbons (Fsp3) is 0.571. The molecule has 142 valence electrons. The molecule has 5 heteroatoms. The van der Waals surface area contributed by atoms with Crippen LogP contribution in [0.25, 0.3) is 0 Å². The van der Waals surface area contributed by atoms with Crippen LogP contribution in [0.1, 0.15) is 47.0 Å². The van der Waals surface area contributed by atoms with Gasteiger partial charge in [-0.15, -0.1) is 0 Å². The van der Waals surface area contributed by atoms with Gasteiger partial charge in [0.1, 0.15) is 0 Å². The normalized spacial score (nSPS) is 26.9. The lowest BCUT2D eigenvalue weighted by molar-refractivity contribution is -0.117. The standard InChI is InChI=1S/C21H28O4S/c1-14-12-17-16(20(14)25-21(2,3)4)10-11-19(22)18(17)13-26(23,24)15-8-6-5-7-9-15/h5-9,14,16,20H,10-13H2,1-4H3/t14?,16?,20-/m1/s1. The van der Waals surface area contributed by atoms with Crippen LogP contribution in [0.2, 0.25) is 0 Å². The fourth-order valence-corrected chi connectivity index (χ4v) is 5.66. The lowest BCUT2D eigenvalue weighted by Gasteiger charge is -2.33. The molecule has 0 heterocycles. The summed E-state index contributed by atoms with van der Waals surface area (Å²) in [4.78, 5) is 12.9. The molecule has 0 spiro atoms. The molecule has 1 aromatic rings. The molecule has 3 rings (SSSR count). The maximum Gasteiger partial charge on any atom is 0.182 e. The van der Waals surface area contributed by atoms with Crippen LogP contribution in [0.5, 0.6) is 0 Å². The number of carbonyl (C=O) groups is 1. The van der Waals surface area contributed by atoms with Gasteiger partial charge < -0.3 is 4.74 Å². The summed E-state index contributed by atoms with van der Waals surface area (Å²) < 4.78 is 31.9. The number of carbonyl (C=O) groups excluding carboxylic acids is 1. The van der Waals surface area contributed by atoms with Crippen LogP contribution in [0.4, 0.5) is 0 Å². The zero-order valence-electron chi connectivity index (χ0n) is 16.0. The van der Waals surface area contributed by atoms with Crippen LogP contribution < -0.4 is 0 Å². The molecule has 2 unspecified atom stereocenters. The minimum Gasteiger partial charge on any atom is -0.372 e. The molecule has 0 bridgehead atoms. The van der Waals surface area contributed by atoms with E-state index in [1.165, 1.54) is 0 Å². The molecule has 0 amide bonds. The first-order chi connectivity index (χ1) is 12.1. The summed E-state index contributed by atoms with van der Waals surface area (Å²) in [5, 5.41) is 0. The first kappa shape index (κ1) is 19.3. The molecule has 1 saturated carbocycles. The van der Waals surface area contributed by atoms with E-state index in [0.29, 0.717) is 12.0 Å². The Hall–Kier alpha value is -1.46. The Morgan fingerprint density at radius 1 is 1.15 bits per heavy atom. The molecule has 0 N–H and O–H groups in total. The Morgan fingerprint density at radius 2 is 1.81 bits per heavy atom. The highest BCUT2D eigenvalue weighted by Crippen LogP contribution is 2.46. The van der Waals surface area contributed by atoms with E-state index in [-0.39, 0.29) is 40.0 Å². The van der Waals surface area contributed by atoms with E-state index >= 15 is 0 Å². The van der Waals surface area contributed by atoms with Crippen molar-refractivity contribution in [3.8, 4) is 0 Å². The molecule has 4 nitrogen and oxygen atoms in total. The van der Waals surface area contributed by atoms with Gasteiger partial charge in [0.25, 0.3) is 0 Å². The second-order valence-corrected chi connectivity index (χ2v) is 10.5. The maximum absolute atomic E-state index is 12.8. The molecule has 3 atom stereocenters. The monoisotopic (exact) mass is 376 g/mol. The van der Waals surface area contributed by atoms with Crippen molar-refractivity contribution in [3.05, 3.63) is 41.5 Å². The number of rotatable bonds is 4. The van der Waals surface area contributed by atoms with Crippen molar-refractivity contribution < 1.29 is 17.9 Å². The fourth-order valence-electron chi connectivity index (χ4n) is 4.19. The number of hydrogen-bond acceptors (Lipinski definition) is 4. The summed E-state index contributed by atoms with van der Waals surface area (Å²) in [7, 11) is -3.52. The van der Waals surface area contributed by atoms with Crippen molar-refractivity contribution >= 4 is 15.6 Å². The number of sulfone groups is 1. The molecular formula is C21H28O4S. The van der Waals surface area contributed by atoms with Gasteiger partial charge in [0.15, 0.2) is 15.6 Å². The van der Waals surface area contributed by atoms with Crippen LogP contribution in [-0.2, 0) is 19.4 Å². The maximum atomic E-state index is 12.8. The molecular weight excluding hydrogens is 348 g/mol. The van der Waals surface area contributed by atoms with Crippen molar-refractivity contribution in [1.29, 1.82) is 0 Å². The van der Waals surface area contributed by atoms with Gasteiger partial charge in [0.05, 0.1) is 22.4 Å². The van der Waals surface area contributed by atoms with E-state index in [1.54, 1.807) is 30.3 Å². The van der Waals surface area contributed by atoms with Gasteiger partial charge in [0.2, 0.25) is 0 Å². The predicted octanol–water partition coefficient (Wildman–Crippen LogP) is 3.96. The average Bonchev–Trinajstić information content (AvgIpc) is 2.86. The van der Waals surface area contributed by atoms with Gasteiger partial charge in [0, 0.05) is 17.9 Å². The van der Waals surface area contributed by atoms with E-state index in [0.717, 1.165) is 18.4 Å². The Bertz CT molecular complexity index is 815. The minimum absolute atomic E-state index is 0.0145. The summed E-state index contributed by atoms with van der Waals surface area (Å²) in [5.41, 5.74) is 1.27. The van der Waals surface area contributed by atoms with Gasteiger partial charge in [-0.25, -0.2) is 8.42 Å². The molecule has 0 aliphatic heterocycles. The number of ether oxygens (including phenoxy) is 1. The van der Waals surface area contributed by atoms with Crippen LogP contribution in [0, 0.1) is 11.8 Å². The van der Waals surface area contributed by atoms with Gasteiger partial charge in [-0.3, -0.25) is 4.79 Å². The van der Waals surface area contributed by atoms with Crippen molar-refractivity contribution in [3.63, 3.8) is 0 Å². The third kappa shape index (κ3) is 3.94. The molecule has 0 radical (unpaired) electrons. The average molecular weight is 377 g/mol. The zero-order valence-corrected chi connectivity index (χ0v) is 16.8. The summed E-state index contributed by atoms with van der Waals surface area (Å²) in [6, 6.07) is 8.39. The second-order valence-electron chi connectivity index (χ2n) is 8.52. The molecule has 1 fully saturated rings. The number of ketones is 1. The largest absolute Gasteiger partial charge is 0.372 e. The SMILES string of the molecule is CC1CC2=C(CS(=O)(=O)c3ccccc3)C(=O)CCC2[C@@H]1OC(C)(C)C.